The topological polar surface area (TPSA) is 55.2 Å². The number of nitro benzene ring substituents is 1. The number of rotatable bonds is 4. The second-order valence-electron chi connectivity index (χ2n) is 4.81. The minimum atomic E-state index is -0.465. The van der Waals surface area contributed by atoms with Gasteiger partial charge in [0.15, 0.2) is 0 Å². The van der Waals surface area contributed by atoms with Gasteiger partial charge >= 0.3 is 0 Å². The Morgan fingerprint density at radius 3 is 2.67 bits per heavy atom. The summed E-state index contributed by atoms with van der Waals surface area (Å²) in [5, 5.41) is 14.1. The minimum Gasteiger partial charge on any atom is -0.385 e. The van der Waals surface area contributed by atoms with Crippen LogP contribution in [-0.4, -0.2) is 11.5 Å². The summed E-state index contributed by atoms with van der Waals surface area (Å²) in [4.78, 5) is 10.2. The van der Waals surface area contributed by atoms with E-state index in [0.717, 1.165) is 12.2 Å². The normalized spacial score (nSPS) is 16.5. The van der Waals surface area contributed by atoms with E-state index in [1.54, 1.807) is 12.1 Å². The fourth-order valence-electron chi connectivity index (χ4n) is 2.42. The fraction of sp³-hybridized carbons (Fsp3) is 0.538. The first-order valence-electron chi connectivity index (χ1n) is 6.34. The van der Waals surface area contributed by atoms with Crippen molar-refractivity contribution in [3.05, 3.63) is 33.3 Å². The standard InChI is InChI=1S/C13H17ClN2O2/c14-12-8-11(6-7-13(12)16(17)18)15-9-10-4-2-1-3-5-10/h6-8,10,15H,1-5,9H2. The molecule has 0 aliphatic heterocycles. The molecule has 0 bridgehead atoms. The summed E-state index contributed by atoms with van der Waals surface area (Å²) >= 11 is 5.86. The summed E-state index contributed by atoms with van der Waals surface area (Å²) in [6, 6.07) is 4.79. The van der Waals surface area contributed by atoms with Crippen LogP contribution in [0.3, 0.4) is 0 Å². The lowest BCUT2D eigenvalue weighted by molar-refractivity contribution is -0.384. The van der Waals surface area contributed by atoms with E-state index >= 15 is 0 Å². The molecule has 4 nitrogen and oxygen atoms in total. The smallest absolute Gasteiger partial charge is 0.288 e. The number of hydrogen-bond acceptors (Lipinski definition) is 3. The Hall–Kier alpha value is -1.29. The minimum absolute atomic E-state index is 0.0418. The number of nitrogens with zero attached hydrogens (tertiary/aromatic N) is 1. The molecular weight excluding hydrogens is 252 g/mol. The highest BCUT2D eigenvalue weighted by Gasteiger charge is 2.15. The van der Waals surface area contributed by atoms with Crippen molar-refractivity contribution < 1.29 is 4.92 Å². The molecule has 98 valence electrons. The van der Waals surface area contributed by atoms with Crippen LogP contribution in [0.2, 0.25) is 5.02 Å². The molecule has 18 heavy (non-hydrogen) atoms. The first kappa shape index (κ1) is 13.1. The maximum Gasteiger partial charge on any atom is 0.288 e. The first-order chi connectivity index (χ1) is 8.66. The monoisotopic (exact) mass is 268 g/mol. The highest BCUT2D eigenvalue weighted by atomic mass is 35.5. The zero-order valence-corrected chi connectivity index (χ0v) is 10.9. The van der Waals surface area contributed by atoms with E-state index < -0.39 is 4.92 Å². The van der Waals surface area contributed by atoms with Gasteiger partial charge in [0, 0.05) is 18.3 Å². The van der Waals surface area contributed by atoms with Crippen molar-refractivity contribution in [3.8, 4) is 0 Å². The van der Waals surface area contributed by atoms with Crippen LogP contribution in [0.4, 0.5) is 11.4 Å². The van der Waals surface area contributed by atoms with E-state index in [0.29, 0.717) is 5.92 Å². The summed E-state index contributed by atoms with van der Waals surface area (Å²) in [6.45, 7) is 0.925. The molecule has 0 saturated heterocycles. The largest absolute Gasteiger partial charge is 0.385 e. The molecule has 0 heterocycles. The van der Waals surface area contributed by atoms with Gasteiger partial charge in [-0.2, -0.15) is 0 Å². The van der Waals surface area contributed by atoms with Crippen LogP contribution in [0.25, 0.3) is 0 Å². The van der Waals surface area contributed by atoms with Gasteiger partial charge in [-0.15, -0.1) is 0 Å². The van der Waals surface area contributed by atoms with E-state index in [1.165, 1.54) is 38.2 Å². The Labute approximate surface area is 111 Å². The molecule has 0 unspecified atom stereocenters. The SMILES string of the molecule is O=[N+]([O-])c1ccc(NCC2CCCCC2)cc1Cl. The Bertz CT molecular complexity index is 431. The number of anilines is 1. The Morgan fingerprint density at radius 1 is 1.33 bits per heavy atom. The Morgan fingerprint density at radius 2 is 2.06 bits per heavy atom. The quantitative estimate of drug-likeness (QED) is 0.656. The van der Waals surface area contributed by atoms with E-state index in [4.69, 9.17) is 11.6 Å². The average Bonchev–Trinajstić information content (AvgIpc) is 2.37. The maximum atomic E-state index is 10.6. The van der Waals surface area contributed by atoms with Gasteiger partial charge in [-0.25, -0.2) is 0 Å². The molecule has 1 aliphatic carbocycles. The number of hydrogen-bond donors (Lipinski definition) is 1. The van der Waals surface area contributed by atoms with Gasteiger partial charge in [0.25, 0.3) is 5.69 Å². The van der Waals surface area contributed by atoms with Crippen LogP contribution >= 0.6 is 11.6 Å². The predicted octanol–water partition coefficient (Wildman–Crippen LogP) is 4.24. The average molecular weight is 269 g/mol. The van der Waals surface area contributed by atoms with Crippen molar-refractivity contribution in [2.24, 2.45) is 5.92 Å². The second kappa shape index (κ2) is 6.05. The van der Waals surface area contributed by atoms with Gasteiger partial charge < -0.3 is 5.32 Å². The Kier molecular flexibility index (Phi) is 4.42. The summed E-state index contributed by atoms with van der Waals surface area (Å²) < 4.78 is 0. The van der Waals surface area contributed by atoms with Gasteiger partial charge in [-0.05, 0) is 30.9 Å². The molecule has 0 amide bonds. The van der Waals surface area contributed by atoms with Gasteiger partial charge in [0.05, 0.1) is 4.92 Å². The summed E-state index contributed by atoms with van der Waals surface area (Å²) in [5.74, 6) is 0.715. The van der Waals surface area contributed by atoms with Gasteiger partial charge in [-0.1, -0.05) is 30.9 Å². The van der Waals surface area contributed by atoms with Crippen LogP contribution in [0.5, 0.6) is 0 Å². The highest BCUT2D eigenvalue weighted by molar-refractivity contribution is 6.32. The zero-order valence-electron chi connectivity index (χ0n) is 10.2. The molecule has 1 aromatic carbocycles. The molecule has 0 radical (unpaired) electrons. The lowest BCUT2D eigenvalue weighted by atomic mass is 9.89. The van der Waals surface area contributed by atoms with Gasteiger partial charge in [0.1, 0.15) is 5.02 Å². The molecule has 1 N–H and O–H groups in total. The third kappa shape index (κ3) is 3.35. The number of nitro groups is 1. The third-order valence-electron chi connectivity index (χ3n) is 3.46. The zero-order chi connectivity index (χ0) is 13.0. The molecule has 0 aromatic heterocycles. The van der Waals surface area contributed by atoms with Crippen molar-refractivity contribution in [3.63, 3.8) is 0 Å². The number of nitrogens with one attached hydrogen (secondary N) is 1. The van der Waals surface area contributed by atoms with E-state index in [-0.39, 0.29) is 10.7 Å². The van der Waals surface area contributed by atoms with Crippen LogP contribution in [0.1, 0.15) is 32.1 Å². The van der Waals surface area contributed by atoms with Crippen molar-refractivity contribution >= 4 is 23.0 Å². The van der Waals surface area contributed by atoms with Crippen LogP contribution in [0, 0.1) is 16.0 Å². The van der Waals surface area contributed by atoms with E-state index in [1.807, 2.05) is 0 Å². The fourth-order valence-corrected chi connectivity index (χ4v) is 2.67. The van der Waals surface area contributed by atoms with Crippen molar-refractivity contribution in [1.29, 1.82) is 0 Å². The first-order valence-corrected chi connectivity index (χ1v) is 6.72. The van der Waals surface area contributed by atoms with E-state index in [9.17, 15) is 10.1 Å². The van der Waals surface area contributed by atoms with Crippen LogP contribution < -0.4 is 5.32 Å². The lowest BCUT2D eigenvalue weighted by Crippen LogP contribution is -2.17. The molecule has 1 aliphatic rings. The lowest BCUT2D eigenvalue weighted by Gasteiger charge is -2.22. The van der Waals surface area contributed by atoms with Crippen LogP contribution in [-0.2, 0) is 0 Å². The van der Waals surface area contributed by atoms with Gasteiger partial charge in [-0.3, -0.25) is 10.1 Å². The van der Waals surface area contributed by atoms with Crippen molar-refractivity contribution in [2.45, 2.75) is 32.1 Å². The highest BCUT2D eigenvalue weighted by Crippen LogP contribution is 2.28. The van der Waals surface area contributed by atoms with E-state index in [2.05, 4.69) is 5.32 Å². The van der Waals surface area contributed by atoms with Crippen molar-refractivity contribution in [1.82, 2.24) is 0 Å². The van der Waals surface area contributed by atoms with Crippen molar-refractivity contribution in [2.75, 3.05) is 11.9 Å². The molecule has 2 rings (SSSR count). The summed E-state index contributed by atoms with van der Waals surface area (Å²) in [7, 11) is 0. The molecule has 0 atom stereocenters. The maximum absolute atomic E-state index is 10.6. The number of halogens is 1. The predicted molar refractivity (Wildman–Crippen MR) is 73.2 cm³/mol. The molecular formula is C13H17ClN2O2. The molecule has 0 spiro atoms. The molecule has 1 fully saturated rings. The number of benzene rings is 1. The summed E-state index contributed by atoms with van der Waals surface area (Å²) in [5.41, 5.74) is 0.816. The molecule has 1 aromatic rings. The Balaban J connectivity index is 1.93. The molecule has 1 saturated carbocycles. The van der Waals surface area contributed by atoms with Gasteiger partial charge in [0.2, 0.25) is 0 Å². The summed E-state index contributed by atoms with van der Waals surface area (Å²) in [6.07, 6.45) is 6.52. The van der Waals surface area contributed by atoms with Crippen LogP contribution in [0.15, 0.2) is 18.2 Å². The third-order valence-corrected chi connectivity index (χ3v) is 3.77. The second-order valence-corrected chi connectivity index (χ2v) is 5.22. The molecule has 5 heteroatoms.